The monoisotopic (exact) mass is 524 g/mol. The van der Waals surface area contributed by atoms with Crippen LogP contribution in [0.15, 0.2) is 66.9 Å². The minimum Gasteiger partial charge on any atom is -0.462 e. The fourth-order valence-electron chi connectivity index (χ4n) is 3.84. The smallest absolute Gasteiger partial charge is 0.263 e. The number of aromatic nitrogens is 5. The number of ether oxygens (including phenoxy) is 1. The van der Waals surface area contributed by atoms with Gasteiger partial charge in [0.15, 0.2) is 5.60 Å². The molecule has 0 aliphatic carbocycles. The van der Waals surface area contributed by atoms with E-state index in [2.05, 4.69) is 30.9 Å². The molecule has 4 aromatic rings. The van der Waals surface area contributed by atoms with Gasteiger partial charge in [0.05, 0.1) is 0 Å². The first-order valence-corrected chi connectivity index (χ1v) is 12.2. The number of hydrogen-bond acceptors (Lipinski definition) is 6. The molecule has 8 nitrogen and oxygen atoms in total. The van der Waals surface area contributed by atoms with Gasteiger partial charge < -0.3 is 10.1 Å². The Balaban J connectivity index is 1.48. The summed E-state index contributed by atoms with van der Waals surface area (Å²) >= 11 is 12.3. The lowest BCUT2D eigenvalue weighted by Gasteiger charge is -2.30. The minimum absolute atomic E-state index is 0.0306. The van der Waals surface area contributed by atoms with Crippen LogP contribution in [-0.4, -0.2) is 43.2 Å². The molecule has 2 atom stereocenters. The van der Waals surface area contributed by atoms with E-state index < -0.39 is 5.60 Å². The van der Waals surface area contributed by atoms with Crippen molar-refractivity contribution in [3.05, 3.63) is 88.0 Å². The van der Waals surface area contributed by atoms with Gasteiger partial charge in [0, 0.05) is 39.8 Å². The predicted octanol–water partition coefficient (Wildman–Crippen LogP) is 5.26. The Hall–Kier alpha value is -3.49. The van der Waals surface area contributed by atoms with Crippen molar-refractivity contribution < 1.29 is 9.53 Å². The molecular formula is C26H26Cl2N6O2. The molecule has 2 heterocycles. The van der Waals surface area contributed by atoms with Gasteiger partial charge in [-0.2, -0.15) is 5.21 Å². The maximum atomic E-state index is 13.3. The summed E-state index contributed by atoms with van der Waals surface area (Å²) in [5.41, 5.74) is 1.64. The number of pyridine rings is 1. The summed E-state index contributed by atoms with van der Waals surface area (Å²) in [6, 6.07) is 18.6. The number of benzene rings is 2. The topological polar surface area (TPSA) is 106 Å². The minimum atomic E-state index is -1.17. The van der Waals surface area contributed by atoms with Crippen LogP contribution in [-0.2, 0) is 11.2 Å². The summed E-state index contributed by atoms with van der Waals surface area (Å²) in [4.78, 5) is 17.6. The molecule has 186 valence electrons. The molecule has 0 saturated carbocycles. The summed E-state index contributed by atoms with van der Waals surface area (Å²) in [7, 11) is 0. The molecule has 10 heteroatoms. The van der Waals surface area contributed by atoms with E-state index in [1.54, 1.807) is 32.2 Å². The van der Waals surface area contributed by atoms with E-state index in [1.807, 2.05) is 55.5 Å². The normalized spacial score (nSPS) is 13.1. The molecule has 0 bridgehead atoms. The third kappa shape index (κ3) is 6.38. The highest BCUT2D eigenvalue weighted by molar-refractivity contribution is 6.30. The van der Waals surface area contributed by atoms with Crippen molar-refractivity contribution in [2.24, 2.45) is 0 Å². The van der Waals surface area contributed by atoms with Crippen LogP contribution in [0.2, 0.25) is 10.0 Å². The number of rotatable bonds is 9. The van der Waals surface area contributed by atoms with Crippen LogP contribution >= 0.6 is 23.2 Å². The van der Waals surface area contributed by atoms with Crippen LogP contribution in [0.3, 0.4) is 0 Å². The second-order valence-corrected chi connectivity index (χ2v) is 9.86. The molecule has 0 saturated heterocycles. The Morgan fingerprint density at radius 3 is 2.50 bits per heavy atom. The van der Waals surface area contributed by atoms with Crippen LogP contribution in [0.5, 0.6) is 5.88 Å². The van der Waals surface area contributed by atoms with E-state index in [9.17, 15) is 4.79 Å². The first kappa shape index (κ1) is 25.6. The molecule has 36 heavy (non-hydrogen) atoms. The predicted molar refractivity (Wildman–Crippen MR) is 139 cm³/mol. The molecule has 2 aromatic carbocycles. The van der Waals surface area contributed by atoms with Gasteiger partial charge in [-0.1, -0.05) is 47.5 Å². The van der Waals surface area contributed by atoms with Crippen molar-refractivity contribution in [3.8, 4) is 17.3 Å². The lowest BCUT2D eigenvalue weighted by Crippen LogP contribution is -2.51. The highest BCUT2D eigenvalue weighted by atomic mass is 35.5. The van der Waals surface area contributed by atoms with Gasteiger partial charge in [-0.3, -0.25) is 4.79 Å². The maximum Gasteiger partial charge on any atom is 0.263 e. The average molecular weight is 525 g/mol. The SMILES string of the molecule is CC(NC(=O)C(C)(C)Oc1ccc(-c2nn[nH]n2)cn1)C(Cc1ccc(Cl)cc1)c1cccc(Cl)c1. The fourth-order valence-corrected chi connectivity index (χ4v) is 4.17. The number of halogens is 2. The van der Waals surface area contributed by atoms with Gasteiger partial charge in [-0.05, 0) is 73.9 Å². The van der Waals surface area contributed by atoms with Crippen LogP contribution in [0, 0.1) is 0 Å². The number of nitrogens with one attached hydrogen (secondary N) is 2. The van der Waals surface area contributed by atoms with Crippen molar-refractivity contribution >= 4 is 29.1 Å². The maximum absolute atomic E-state index is 13.3. The Bertz CT molecular complexity index is 1300. The van der Waals surface area contributed by atoms with Gasteiger partial charge in [-0.25, -0.2) is 4.98 Å². The lowest BCUT2D eigenvalue weighted by atomic mass is 9.86. The molecule has 2 aromatic heterocycles. The van der Waals surface area contributed by atoms with E-state index in [1.165, 1.54) is 0 Å². The number of aromatic amines is 1. The zero-order valence-electron chi connectivity index (χ0n) is 20.1. The Morgan fingerprint density at radius 1 is 1.08 bits per heavy atom. The Labute approximate surface area is 219 Å². The number of tetrazole rings is 1. The first-order valence-electron chi connectivity index (χ1n) is 11.4. The standard InChI is InChI=1S/C26H26Cl2N6O2/c1-16(22(18-5-4-6-21(28)14-18)13-17-7-10-20(27)11-8-17)30-25(35)26(2,3)36-23-12-9-19(15-29-23)24-31-33-34-32-24/h4-12,14-16,22H,13H2,1-3H3,(H,30,35)(H,31,32,33,34). The molecule has 0 spiro atoms. The van der Waals surface area contributed by atoms with Crippen molar-refractivity contribution in [2.75, 3.05) is 0 Å². The average Bonchev–Trinajstić information content (AvgIpc) is 3.39. The lowest BCUT2D eigenvalue weighted by molar-refractivity contribution is -0.135. The molecule has 0 radical (unpaired) electrons. The van der Waals surface area contributed by atoms with Gasteiger partial charge in [0.1, 0.15) is 0 Å². The Kier molecular flexibility index (Phi) is 7.86. The summed E-state index contributed by atoms with van der Waals surface area (Å²) in [6.07, 6.45) is 2.26. The molecule has 0 aliphatic rings. The van der Waals surface area contributed by atoms with Gasteiger partial charge in [-0.15, -0.1) is 10.2 Å². The number of H-pyrrole nitrogens is 1. The van der Waals surface area contributed by atoms with Crippen LogP contribution < -0.4 is 10.1 Å². The van der Waals surface area contributed by atoms with Crippen molar-refractivity contribution in [3.63, 3.8) is 0 Å². The zero-order chi connectivity index (χ0) is 25.7. The number of hydrogen-bond donors (Lipinski definition) is 2. The Morgan fingerprint density at radius 2 is 1.86 bits per heavy atom. The second kappa shape index (κ2) is 11.1. The summed E-state index contributed by atoms with van der Waals surface area (Å²) < 4.78 is 5.95. The molecule has 2 unspecified atom stereocenters. The summed E-state index contributed by atoms with van der Waals surface area (Å²) in [6.45, 7) is 5.39. The number of nitrogens with zero attached hydrogens (tertiary/aromatic N) is 4. The summed E-state index contributed by atoms with van der Waals surface area (Å²) in [5.74, 6) is 0.439. The van der Waals surface area contributed by atoms with Gasteiger partial charge >= 0.3 is 0 Å². The van der Waals surface area contributed by atoms with Crippen LogP contribution in [0.25, 0.3) is 11.4 Å². The van der Waals surface area contributed by atoms with Crippen LogP contribution in [0.1, 0.15) is 37.8 Å². The second-order valence-electron chi connectivity index (χ2n) is 8.99. The van der Waals surface area contributed by atoms with Gasteiger partial charge in [0.2, 0.25) is 11.7 Å². The van der Waals surface area contributed by atoms with Crippen LogP contribution in [0.4, 0.5) is 0 Å². The molecule has 0 fully saturated rings. The molecule has 2 N–H and O–H groups in total. The largest absolute Gasteiger partial charge is 0.462 e. The fraction of sp³-hybridized carbons (Fsp3) is 0.269. The third-order valence-electron chi connectivity index (χ3n) is 5.85. The van der Waals surface area contributed by atoms with Crippen molar-refractivity contribution in [1.29, 1.82) is 0 Å². The highest BCUT2D eigenvalue weighted by Gasteiger charge is 2.33. The van der Waals surface area contributed by atoms with E-state index in [-0.39, 0.29) is 17.9 Å². The number of carbonyl (C=O) groups is 1. The molecule has 4 rings (SSSR count). The quantitative estimate of drug-likeness (QED) is 0.309. The number of amides is 1. The molecule has 1 amide bonds. The van der Waals surface area contributed by atoms with Gasteiger partial charge in [0.25, 0.3) is 5.91 Å². The highest BCUT2D eigenvalue weighted by Crippen LogP contribution is 2.28. The van der Waals surface area contributed by atoms with E-state index in [0.717, 1.165) is 11.1 Å². The molecular weight excluding hydrogens is 499 g/mol. The zero-order valence-corrected chi connectivity index (χ0v) is 21.6. The van der Waals surface area contributed by atoms with E-state index in [0.29, 0.717) is 33.7 Å². The number of carbonyl (C=O) groups excluding carboxylic acids is 1. The van der Waals surface area contributed by atoms with E-state index >= 15 is 0 Å². The first-order chi connectivity index (χ1) is 17.2. The molecule has 0 aliphatic heterocycles. The van der Waals surface area contributed by atoms with Crippen molar-refractivity contribution in [2.45, 2.75) is 44.8 Å². The van der Waals surface area contributed by atoms with E-state index in [4.69, 9.17) is 27.9 Å². The third-order valence-corrected chi connectivity index (χ3v) is 6.34. The van der Waals surface area contributed by atoms with Crippen molar-refractivity contribution in [1.82, 2.24) is 30.9 Å². The summed E-state index contributed by atoms with van der Waals surface area (Å²) in [5, 5.41) is 18.2.